The molecule has 4 heteroatoms. The van der Waals surface area contributed by atoms with Crippen LogP contribution in [0.4, 0.5) is 0 Å². The maximum absolute atomic E-state index is 12.4. The second-order valence-electron chi connectivity index (χ2n) is 17.2. The molecule has 0 heterocycles. The molecular formula is C56H99NO3. The zero-order valence-corrected chi connectivity index (χ0v) is 39.7. The van der Waals surface area contributed by atoms with Gasteiger partial charge < -0.3 is 15.5 Å². The first kappa shape index (κ1) is 57.6. The molecule has 0 saturated carbocycles. The van der Waals surface area contributed by atoms with Gasteiger partial charge in [-0.25, -0.2) is 0 Å². The molecule has 60 heavy (non-hydrogen) atoms. The predicted molar refractivity (Wildman–Crippen MR) is 267 cm³/mol. The van der Waals surface area contributed by atoms with Gasteiger partial charge in [0.25, 0.3) is 0 Å². The van der Waals surface area contributed by atoms with Gasteiger partial charge in [0.2, 0.25) is 5.91 Å². The van der Waals surface area contributed by atoms with Crippen molar-refractivity contribution in [2.75, 3.05) is 6.61 Å². The summed E-state index contributed by atoms with van der Waals surface area (Å²) in [6.07, 6.45) is 74.4. The first-order valence-corrected chi connectivity index (χ1v) is 25.8. The van der Waals surface area contributed by atoms with Crippen LogP contribution in [0.3, 0.4) is 0 Å². The second-order valence-corrected chi connectivity index (χ2v) is 17.2. The Bertz CT molecular complexity index is 1080. The normalized spacial score (nSPS) is 13.6. The molecule has 0 aliphatic heterocycles. The fourth-order valence-corrected chi connectivity index (χ4v) is 7.44. The molecule has 0 aromatic heterocycles. The molecule has 0 bridgehead atoms. The van der Waals surface area contributed by atoms with Gasteiger partial charge in [0.15, 0.2) is 0 Å². The molecule has 2 atom stereocenters. The smallest absolute Gasteiger partial charge is 0.220 e. The van der Waals surface area contributed by atoms with E-state index in [1.54, 1.807) is 6.08 Å². The Labute approximate surface area is 373 Å². The number of carbonyl (C=O) groups excluding carboxylic acids is 1. The molecule has 0 rings (SSSR count). The number of hydrogen-bond acceptors (Lipinski definition) is 3. The fraction of sp³-hybridized carbons (Fsp3) is 0.732. The molecule has 0 aliphatic rings. The van der Waals surface area contributed by atoms with Gasteiger partial charge in [-0.1, -0.05) is 240 Å². The lowest BCUT2D eigenvalue weighted by Gasteiger charge is -2.19. The lowest BCUT2D eigenvalue weighted by Crippen LogP contribution is -2.45. The Morgan fingerprint density at radius 2 is 0.750 bits per heavy atom. The summed E-state index contributed by atoms with van der Waals surface area (Å²) in [5, 5.41) is 23.1. The van der Waals surface area contributed by atoms with Crippen LogP contribution in [-0.2, 0) is 4.79 Å². The van der Waals surface area contributed by atoms with Crippen molar-refractivity contribution in [2.24, 2.45) is 0 Å². The van der Waals surface area contributed by atoms with Crippen molar-refractivity contribution in [1.29, 1.82) is 0 Å². The highest BCUT2D eigenvalue weighted by Gasteiger charge is 2.17. The molecule has 0 fully saturated rings. The van der Waals surface area contributed by atoms with Crippen LogP contribution in [0.5, 0.6) is 0 Å². The fourth-order valence-electron chi connectivity index (χ4n) is 7.44. The van der Waals surface area contributed by atoms with Gasteiger partial charge in [-0.3, -0.25) is 4.79 Å². The SMILES string of the molecule is CC/C=C\C/C=C\C/C=C\C/C=C\CCCCCCCCCCCCCCCCCCCCC(=O)NC(CO)C(O)/C=C/CC/C=C/CC/C=C/CCCCCCCCC. The van der Waals surface area contributed by atoms with Crippen LogP contribution in [0, 0.1) is 0 Å². The van der Waals surface area contributed by atoms with Gasteiger partial charge >= 0.3 is 0 Å². The Morgan fingerprint density at radius 3 is 1.17 bits per heavy atom. The first-order chi connectivity index (χ1) is 29.7. The highest BCUT2D eigenvalue weighted by molar-refractivity contribution is 5.76. The summed E-state index contributed by atoms with van der Waals surface area (Å²) in [5.74, 6) is -0.0786. The van der Waals surface area contributed by atoms with Crippen LogP contribution in [-0.4, -0.2) is 34.9 Å². The highest BCUT2D eigenvalue weighted by Crippen LogP contribution is 2.15. The molecule has 0 radical (unpaired) electrons. The molecule has 4 nitrogen and oxygen atoms in total. The van der Waals surface area contributed by atoms with Crippen LogP contribution in [0.1, 0.15) is 245 Å². The van der Waals surface area contributed by atoms with Crippen LogP contribution in [0.25, 0.3) is 0 Å². The van der Waals surface area contributed by atoms with E-state index in [2.05, 4.69) is 92.1 Å². The van der Waals surface area contributed by atoms with E-state index in [9.17, 15) is 15.0 Å². The topological polar surface area (TPSA) is 69.6 Å². The number of rotatable bonds is 46. The Morgan fingerprint density at radius 1 is 0.417 bits per heavy atom. The predicted octanol–water partition coefficient (Wildman–Crippen LogP) is 16.8. The van der Waals surface area contributed by atoms with Crippen molar-refractivity contribution < 1.29 is 15.0 Å². The van der Waals surface area contributed by atoms with E-state index in [1.165, 1.54) is 161 Å². The maximum atomic E-state index is 12.4. The highest BCUT2D eigenvalue weighted by atomic mass is 16.3. The summed E-state index contributed by atoms with van der Waals surface area (Å²) < 4.78 is 0. The lowest BCUT2D eigenvalue weighted by molar-refractivity contribution is -0.123. The molecular weight excluding hydrogens is 735 g/mol. The minimum absolute atomic E-state index is 0.0786. The number of nitrogens with one attached hydrogen (secondary N) is 1. The van der Waals surface area contributed by atoms with E-state index in [4.69, 9.17) is 0 Å². The number of amides is 1. The molecule has 3 N–H and O–H groups in total. The van der Waals surface area contributed by atoms with Crippen LogP contribution in [0.2, 0.25) is 0 Å². The summed E-state index contributed by atoms with van der Waals surface area (Å²) in [5.41, 5.74) is 0. The molecule has 0 aromatic rings. The van der Waals surface area contributed by atoms with E-state index >= 15 is 0 Å². The minimum Gasteiger partial charge on any atom is -0.394 e. The Balaban J connectivity index is 3.54. The van der Waals surface area contributed by atoms with Gasteiger partial charge in [-0.05, 0) is 83.5 Å². The average Bonchev–Trinajstić information content (AvgIpc) is 3.25. The van der Waals surface area contributed by atoms with E-state index in [0.29, 0.717) is 6.42 Å². The second kappa shape index (κ2) is 50.9. The zero-order valence-electron chi connectivity index (χ0n) is 39.7. The van der Waals surface area contributed by atoms with E-state index in [-0.39, 0.29) is 12.5 Å². The van der Waals surface area contributed by atoms with Crippen LogP contribution >= 0.6 is 0 Å². The summed E-state index contributed by atoms with van der Waals surface area (Å²) in [7, 11) is 0. The third-order valence-electron chi connectivity index (χ3n) is 11.3. The number of allylic oxidation sites excluding steroid dienone is 13. The summed E-state index contributed by atoms with van der Waals surface area (Å²) in [4.78, 5) is 12.4. The summed E-state index contributed by atoms with van der Waals surface area (Å²) in [6, 6.07) is -0.648. The van der Waals surface area contributed by atoms with Gasteiger partial charge in [0, 0.05) is 6.42 Å². The van der Waals surface area contributed by atoms with E-state index in [1.807, 2.05) is 6.08 Å². The number of hydrogen-bond donors (Lipinski definition) is 3. The number of carbonyl (C=O) groups is 1. The summed E-state index contributed by atoms with van der Waals surface area (Å²) >= 11 is 0. The minimum atomic E-state index is -0.872. The molecule has 0 saturated heterocycles. The number of unbranched alkanes of at least 4 members (excludes halogenated alkanes) is 27. The van der Waals surface area contributed by atoms with Crippen molar-refractivity contribution in [3.63, 3.8) is 0 Å². The number of aliphatic hydroxyl groups excluding tert-OH is 2. The van der Waals surface area contributed by atoms with Gasteiger partial charge in [0.05, 0.1) is 18.8 Å². The summed E-state index contributed by atoms with van der Waals surface area (Å²) in [6.45, 7) is 4.18. The number of aliphatic hydroxyl groups is 2. The standard InChI is InChI=1S/C56H99NO3/c1-3-5-7-9-11-13-15-17-19-21-22-23-24-25-26-27-28-29-30-31-32-33-34-36-38-40-42-44-46-48-50-52-56(60)57-54(53-58)55(59)51-49-47-45-43-41-39-37-35-20-18-16-14-12-10-8-6-4-2/h5,7,11,13,17,19-20,22-23,35,41,43,49,51,54-55,58-59H,3-4,6,8-10,12,14-16,18,21,24-34,36-40,42,44-48,50,52-53H2,1-2H3,(H,57,60)/b7-5-,13-11-,19-17-,23-22-,35-20+,43-41+,51-49+. The monoisotopic (exact) mass is 834 g/mol. The third-order valence-corrected chi connectivity index (χ3v) is 11.3. The van der Waals surface area contributed by atoms with Crippen molar-refractivity contribution in [3.05, 3.63) is 85.1 Å². The molecule has 346 valence electrons. The Kier molecular flexibility index (Phi) is 48.9. The van der Waals surface area contributed by atoms with Crippen molar-refractivity contribution >= 4 is 5.91 Å². The lowest BCUT2D eigenvalue weighted by atomic mass is 10.0. The quantitative estimate of drug-likeness (QED) is 0.0423. The van der Waals surface area contributed by atoms with Crippen molar-refractivity contribution in [3.8, 4) is 0 Å². The van der Waals surface area contributed by atoms with Crippen LogP contribution in [0.15, 0.2) is 85.1 Å². The van der Waals surface area contributed by atoms with E-state index < -0.39 is 12.1 Å². The zero-order chi connectivity index (χ0) is 43.5. The first-order valence-electron chi connectivity index (χ1n) is 25.8. The molecule has 0 aromatic carbocycles. The Hall–Kier alpha value is -2.43. The average molecular weight is 834 g/mol. The molecule has 1 amide bonds. The van der Waals surface area contributed by atoms with Crippen LogP contribution < -0.4 is 5.32 Å². The van der Waals surface area contributed by atoms with Crippen molar-refractivity contribution in [1.82, 2.24) is 5.32 Å². The molecule has 0 spiro atoms. The third kappa shape index (κ3) is 46.6. The molecule has 0 aliphatic carbocycles. The van der Waals surface area contributed by atoms with Gasteiger partial charge in [0.1, 0.15) is 0 Å². The molecule has 2 unspecified atom stereocenters. The maximum Gasteiger partial charge on any atom is 0.220 e. The van der Waals surface area contributed by atoms with E-state index in [0.717, 1.165) is 64.2 Å². The van der Waals surface area contributed by atoms with Gasteiger partial charge in [-0.15, -0.1) is 0 Å². The van der Waals surface area contributed by atoms with Gasteiger partial charge in [-0.2, -0.15) is 0 Å². The largest absolute Gasteiger partial charge is 0.394 e. The van der Waals surface area contributed by atoms with Crippen molar-refractivity contribution in [2.45, 2.75) is 257 Å².